The van der Waals surface area contributed by atoms with E-state index in [9.17, 15) is 9.59 Å². The Kier molecular flexibility index (Phi) is 4.66. The molecule has 2 N–H and O–H groups in total. The maximum atomic E-state index is 12.2. The lowest BCUT2D eigenvalue weighted by Gasteiger charge is -2.15. The molecule has 1 aromatic carbocycles. The predicted molar refractivity (Wildman–Crippen MR) is 83.2 cm³/mol. The van der Waals surface area contributed by atoms with E-state index < -0.39 is 11.9 Å². The molecule has 0 bridgehead atoms. The SMILES string of the molecule is O=C(O)c1cnc(C(=O)Nc2ccccc2OC2CCOC2)cn1. The molecule has 1 aromatic heterocycles. The fraction of sp³-hybridized carbons (Fsp3) is 0.250. The van der Waals surface area contributed by atoms with Crippen molar-refractivity contribution < 1.29 is 24.2 Å². The van der Waals surface area contributed by atoms with Crippen LogP contribution >= 0.6 is 0 Å². The molecule has 2 heterocycles. The Bertz CT molecular complexity index is 742. The first-order chi connectivity index (χ1) is 11.6. The van der Waals surface area contributed by atoms with Crippen LogP contribution in [-0.2, 0) is 4.74 Å². The molecule has 1 aliphatic rings. The van der Waals surface area contributed by atoms with E-state index in [1.807, 2.05) is 6.07 Å². The van der Waals surface area contributed by atoms with Gasteiger partial charge in [-0.25, -0.2) is 14.8 Å². The summed E-state index contributed by atoms with van der Waals surface area (Å²) in [6, 6.07) is 7.05. The standard InChI is InChI=1S/C16H15N3O5/c20-15(12-7-18-13(8-17-12)16(21)22)19-11-3-1-2-4-14(11)24-10-5-6-23-9-10/h1-4,7-8,10H,5-6,9H2,(H,19,20)(H,21,22). The minimum atomic E-state index is -1.20. The number of hydrogen-bond acceptors (Lipinski definition) is 6. The summed E-state index contributed by atoms with van der Waals surface area (Å²) in [6.07, 6.45) is 2.91. The Morgan fingerprint density at radius 3 is 2.62 bits per heavy atom. The van der Waals surface area contributed by atoms with Gasteiger partial charge in [0.15, 0.2) is 5.69 Å². The van der Waals surface area contributed by atoms with Gasteiger partial charge in [0.1, 0.15) is 17.5 Å². The molecule has 8 heteroatoms. The van der Waals surface area contributed by atoms with Gasteiger partial charge in [-0.05, 0) is 12.1 Å². The maximum absolute atomic E-state index is 12.2. The second kappa shape index (κ2) is 7.05. The van der Waals surface area contributed by atoms with Crippen LogP contribution in [0.5, 0.6) is 5.75 Å². The van der Waals surface area contributed by atoms with Crippen LogP contribution in [0.1, 0.15) is 27.4 Å². The predicted octanol–water partition coefficient (Wildman–Crippen LogP) is 1.59. The maximum Gasteiger partial charge on any atom is 0.356 e. The lowest BCUT2D eigenvalue weighted by atomic mass is 10.2. The van der Waals surface area contributed by atoms with Crippen molar-refractivity contribution in [3.63, 3.8) is 0 Å². The van der Waals surface area contributed by atoms with E-state index in [1.165, 1.54) is 0 Å². The quantitative estimate of drug-likeness (QED) is 0.857. The summed E-state index contributed by atoms with van der Waals surface area (Å²) < 4.78 is 11.1. The Hall–Kier alpha value is -3.00. The number of aromatic nitrogens is 2. The van der Waals surface area contributed by atoms with Crippen molar-refractivity contribution in [1.82, 2.24) is 9.97 Å². The van der Waals surface area contributed by atoms with Crippen LogP contribution in [-0.4, -0.2) is 46.3 Å². The summed E-state index contributed by atoms with van der Waals surface area (Å²) in [7, 11) is 0. The number of carboxylic acid groups (broad SMARTS) is 1. The van der Waals surface area contributed by atoms with Gasteiger partial charge in [-0.15, -0.1) is 0 Å². The number of benzene rings is 1. The van der Waals surface area contributed by atoms with Crippen molar-refractivity contribution in [3.8, 4) is 5.75 Å². The van der Waals surface area contributed by atoms with Crippen LogP contribution in [0.2, 0.25) is 0 Å². The Labute approximate surface area is 137 Å². The minimum Gasteiger partial charge on any atom is -0.486 e. The average Bonchev–Trinajstić information content (AvgIpc) is 3.10. The average molecular weight is 329 g/mol. The van der Waals surface area contributed by atoms with Gasteiger partial charge in [-0.3, -0.25) is 4.79 Å². The lowest BCUT2D eigenvalue weighted by Crippen LogP contribution is -2.19. The van der Waals surface area contributed by atoms with Crippen molar-refractivity contribution in [2.75, 3.05) is 18.5 Å². The Balaban J connectivity index is 1.72. The second-order valence-electron chi connectivity index (χ2n) is 5.15. The van der Waals surface area contributed by atoms with Gasteiger partial charge >= 0.3 is 5.97 Å². The molecule has 0 radical (unpaired) electrons. The summed E-state index contributed by atoms with van der Waals surface area (Å²) in [5.74, 6) is -1.17. The van der Waals surface area contributed by atoms with E-state index in [4.69, 9.17) is 14.6 Å². The van der Waals surface area contributed by atoms with E-state index in [0.717, 1.165) is 18.8 Å². The van der Waals surface area contributed by atoms with Crippen molar-refractivity contribution in [2.24, 2.45) is 0 Å². The number of anilines is 1. The van der Waals surface area contributed by atoms with E-state index in [0.29, 0.717) is 24.7 Å². The van der Waals surface area contributed by atoms with Crippen LogP contribution in [0.25, 0.3) is 0 Å². The highest BCUT2D eigenvalue weighted by Crippen LogP contribution is 2.26. The lowest BCUT2D eigenvalue weighted by molar-refractivity contribution is 0.0689. The molecular formula is C16H15N3O5. The van der Waals surface area contributed by atoms with Gasteiger partial charge in [-0.1, -0.05) is 12.1 Å². The van der Waals surface area contributed by atoms with Gasteiger partial charge in [0.2, 0.25) is 0 Å². The molecule has 8 nitrogen and oxygen atoms in total. The first-order valence-electron chi connectivity index (χ1n) is 7.33. The zero-order valence-corrected chi connectivity index (χ0v) is 12.6. The first-order valence-corrected chi connectivity index (χ1v) is 7.33. The largest absolute Gasteiger partial charge is 0.486 e. The molecule has 1 atom stereocenters. The van der Waals surface area contributed by atoms with E-state index in [2.05, 4.69) is 15.3 Å². The van der Waals surface area contributed by atoms with Crippen molar-refractivity contribution in [2.45, 2.75) is 12.5 Å². The van der Waals surface area contributed by atoms with E-state index >= 15 is 0 Å². The number of rotatable bonds is 5. The number of ether oxygens (including phenoxy) is 2. The minimum absolute atomic E-state index is 0.0130. The zero-order chi connectivity index (χ0) is 16.9. The molecule has 24 heavy (non-hydrogen) atoms. The third-order valence-electron chi connectivity index (χ3n) is 3.42. The summed E-state index contributed by atoms with van der Waals surface area (Å²) in [5, 5.41) is 11.5. The molecule has 1 fully saturated rings. The van der Waals surface area contributed by atoms with E-state index in [-0.39, 0.29) is 17.5 Å². The molecule has 1 amide bonds. The number of nitrogens with zero attached hydrogens (tertiary/aromatic N) is 2. The third kappa shape index (κ3) is 3.66. The van der Waals surface area contributed by atoms with Crippen LogP contribution in [0.15, 0.2) is 36.7 Å². The number of carbonyl (C=O) groups excluding carboxylic acids is 1. The molecule has 3 rings (SSSR count). The number of carboxylic acids is 1. The fourth-order valence-corrected chi connectivity index (χ4v) is 2.20. The summed E-state index contributed by atoms with van der Waals surface area (Å²) in [4.78, 5) is 30.5. The fourth-order valence-electron chi connectivity index (χ4n) is 2.20. The highest BCUT2D eigenvalue weighted by atomic mass is 16.5. The van der Waals surface area contributed by atoms with Crippen LogP contribution in [0.4, 0.5) is 5.69 Å². The number of para-hydroxylation sites is 2. The van der Waals surface area contributed by atoms with Crippen molar-refractivity contribution in [3.05, 3.63) is 48.0 Å². The smallest absolute Gasteiger partial charge is 0.356 e. The van der Waals surface area contributed by atoms with Gasteiger partial charge in [0.05, 0.1) is 31.3 Å². The summed E-state index contributed by atoms with van der Waals surface area (Å²) in [6.45, 7) is 1.18. The molecule has 0 saturated carbocycles. The highest BCUT2D eigenvalue weighted by molar-refractivity contribution is 6.03. The molecule has 1 unspecified atom stereocenters. The molecule has 1 aliphatic heterocycles. The summed E-state index contributed by atoms with van der Waals surface area (Å²) >= 11 is 0. The zero-order valence-electron chi connectivity index (χ0n) is 12.6. The van der Waals surface area contributed by atoms with Crippen LogP contribution < -0.4 is 10.1 Å². The third-order valence-corrected chi connectivity index (χ3v) is 3.42. The number of nitrogens with one attached hydrogen (secondary N) is 1. The van der Waals surface area contributed by atoms with Crippen LogP contribution in [0.3, 0.4) is 0 Å². The molecule has 1 saturated heterocycles. The number of hydrogen-bond donors (Lipinski definition) is 2. The van der Waals surface area contributed by atoms with Crippen molar-refractivity contribution in [1.29, 1.82) is 0 Å². The van der Waals surface area contributed by atoms with Gasteiger partial charge in [0.25, 0.3) is 5.91 Å². The van der Waals surface area contributed by atoms with Crippen molar-refractivity contribution >= 4 is 17.6 Å². The number of amides is 1. The second-order valence-corrected chi connectivity index (χ2v) is 5.15. The van der Waals surface area contributed by atoms with Crippen LogP contribution in [0, 0.1) is 0 Å². The van der Waals surface area contributed by atoms with Gasteiger partial charge in [-0.2, -0.15) is 0 Å². The first kappa shape index (κ1) is 15.9. The molecule has 0 aliphatic carbocycles. The summed E-state index contributed by atoms with van der Waals surface area (Å²) in [5.41, 5.74) is 0.286. The molecule has 0 spiro atoms. The molecule has 2 aromatic rings. The molecule has 124 valence electrons. The molecular weight excluding hydrogens is 314 g/mol. The van der Waals surface area contributed by atoms with Gasteiger partial charge < -0.3 is 19.9 Å². The monoisotopic (exact) mass is 329 g/mol. The number of carbonyl (C=O) groups is 2. The topological polar surface area (TPSA) is 111 Å². The van der Waals surface area contributed by atoms with E-state index in [1.54, 1.807) is 18.2 Å². The number of aromatic carboxylic acids is 1. The Morgan fingerprint density at radius 1 is 1.21 bits per heavy atom. The Morgan fingerprint density at radius 2 is 1.96 bits per heavy atom. The highest BCUT2D eigenvalue weighted by Gasteiger charge is 2.19. The van der Waals surface area contributed by atoms with Gasteiger partial charge in [0, 0.05) is 6.42 Å². The normalized spacial score (nSPS) is 16.6.